The first-order valence-corrected chi connectivity index (χ1v) is 7.28. The lowest BCUT2D eigenvalue weighted by molar-refractivity contribution is -0.206. The van der Waals surface area contributed by atoms with Gasteiger partial charge in [-0.25, -0.2) is 0 Å². The molecule has 1 spiro atoms. The summed E-state index contributed by atoms with van der Waals surface area (Å²) in [5, 5.41) is 0. The Morgan fingerprint density at radius 3 is 2.50 bits per heavy atom. The van der Waals surface area contributed by atoms with Gasteiger partial charge in [-0.1, -0.05) is 20.8 Å². The van der Waals surface area contributed by atoms with Gasteiger partial charge in [0.15, 0.2) is 5.79 Å². The molecule has 0 aromatic carbocycles. The highest BCUT2D eigenvalue weighted by atomic mass is 16.7. The largest absolute Gasteiger partial charge is 0.348 e. The minimum atomic E-state index is -0.359. The predicted octanol–water partition coefficient (Wildman–Crippen LogP) is 2.78. The molecule has 102 valence electrons. The van der Waals surface area contributed by atoms with Gasteiger partial charge in [0.1, 0.15) is 5.78 Å². The van der Waals surface area contributed by atoms with E-state index >= 15 is 0 Å². The molecule has 0 aromatic heterocycles. The highest BCUT2D eigenvalue weighted by Crippen LogP contribution is 2.58. The van der Waals surface area contributed by atoms with Crippen LogP contribution >= 0.6 is 0 Å². The summed E-state index contributed by atoms with van der Waals surface area (Å²) in [5.41, 5.74) is -0.116. The molecule has 0 aromatic rings. The fourth-order valence-corrected chi connectivity index (χ4v) is 4.32. The third kappa shape index (κ3) is 1.67. The number of ketones is 1. The zero-order chi connectivity index (χ0) is 13.0. The standard InChI is InChI=1S/C15H24O3/c1-10(2)11-8-13(16)14(3)4-5-15(9-12(11)14)17-6-7-18-15/h10-12H,4-9H2,1-3H3/t11-,12-,14+/m1/s1. The summed E-state index contributed by atoms with van der Waals surface area (Å²) in [6.45, 7) is 8.07. The van der Waals surface area contributed by atoms with Gasteiger partial charge in [-0.2, -0.15) is 0 Å². The highest BCUT2D eigenvalue weighted by molar-refractivity contribution is 5.87. The Bertz CT molecular complexity index is 357. The topological polar surface area (TPSA) is 35.5 Å². The highest BCUT2D eigenvalue weighted by Gasteiger charge is 2.59. The number of rotatable bonds is 1. The zero-order valence-corrected chi connectivity index (χ0v) is 11.7. The van der Waals surface area contributed by atoms with Crippen molar-refractivity contribution in [3.8, 4) is 0 Å². The molecule has 1 saturated heterocycles. The van der Waals surface area contributed by atoms with Crippen LogP contribution < -0.4 is 0 Å². The van der Waals surface area contributed by atoms with Crippen LogP contribution in [0.4, 0.5) is 0 Å². The fourth-order valence-electron chi connectivity index (χ4n) is 4.32. The number of hydrogen-bond donors (Lipinski definition) is 0. The first kappa shape index (κ1) is 12.6. The van der Waals surface area contributed by atoms with E-state index in [9.17, 15) is 4.79 Å². The van der Waals surface area contributed by atoms with E-state index in [0.29, 0.717) is 36.8 Å². The zero-order valence-electron chi connectivity index (χ0n) is 11.7. The van der Waals surface area contributed by atoms with Crippen molar-refractivity contribution >= 4 is 5.78 Å². The van der Waals surface area contributed by atoms with Crippen LogP contribution in [0.3, 0.4) is 0 Å². The number of carbonyl (C=O) groups is 1. The molecule has 0 amide bonds. The van der Waals surface area contributed by atoms with Crippen molar-refractivity contribution in [2.75, 3.05) is 13.2 Å². The van der Waals surface area contributed by atoms with Crippen molar-refractivity contribution in [3.63, 3.8) is 0 Å². The first-order chi connectivity index (χ1) is 8.47. The average Bonchev–Trinajstić information content (AvgIpc) is 2.87. The van der Waals surface area contributed by atoms with Crippen LogP contribution in [0, 0.1) is 23.2 Å². The van der Waals surface area contributed by atoms with Crippen molar-refractivity contribution < 1.29 is 14.3 Å². The summed E-state index contributed by atoms with van der Waals surface area (Å²) in [6, 6.07) is 0. The number of carbonyl (C=O) groups excluding carboxylic acids is 1. The van der Waals surface area contributed by atoms with E-state index in [2.05, 4.69) is 20.8 Å². The van der Waals surface area contributed by atoms with Crippen LogP contribution in [-0.4, -0.2) is 24.8 Å². The Balaban J connectivity index is 1.88. The molecular formula is C15H24O3. The molecule has 1 aliphatic heterocycles. The van der Waals surface area contributed by atoms with Crippen LogP contribution in [0.2, 0.25) is 0 Å². The molecule has 3 aliphatic rings. The van der Waals surface area contributed by atoms with Gasteiger partial charge < -0.3 is 9.47 Å². The number of hydrogen-bond acceptors (Lipinski definition) is 3. The third-order valence-corrected chi connectivity index (χ3v) is 5.62. The first-order valence-electron chi connectivity index (χ1n) is 7.28. The van der Waals surface area contributed by atoms with E-state index in [1.165, 1.54) is 0 Å². The summed E-state index contributed by atoms with van der Waals surface area (Å²) in [5.74, 6) is 1.63. The maximum absolute atomic E-state index is 12.4. The molecule has 3 fully saturated rings. The smallest absolute Gasteiger partial charge is 0.168 e. The Labute approximate surface area is 109 Å². The van der Waals surface area contributed by atoms with Crippen molar-refractivity contribution in [3.05, 3.63) is 0 Å². The van der Waals surface area contributed by atoms with Gasteiger partial charge in [0.25, 0.3) is 0 Å². The third-order valence-electron chi connectivity index (χ3n) is 5.62. The Kier molecular flexibility index (Phi) is 2.83. The van der Waals surface area contributed by atoms with Crippen LogP contribution in [0.15, 0.2) is 0 Å². The molecule has 2 saturated carbocycles. The van der Waals surface area contributed by atoms with Crippen molar-refractivity contribution in [1.29, 1.82) is 0 Å². The molecule has 0 radical (unpaired) electrons. The van der Waals surface area contributed by atoms with E-state index in [0.717, 1.165) is 25.7 Å². The lowest BCUT2D eigenvalue weighted by atomic mass is 9.64. The van der Waals surface area contributed by atoms with Gasteiger partial charge in [-0.05, 0) is 24.2 Å². The van der Waals surface area contributed by atoms with Crippen molar-refractivity contribution in [1.82, 2.24) is 0 Å². The second kappa shape index (κ2) is 4.04. The second-order valence-corrected chi connectivity index (χ2v) is 6.87. The molecule has 1 heterocycles. The summed E-state index contributed by atoms with van der Waals surface area (Å²) in [4.78, 5) is 12.4. The number of fused-ring (bicyclic) bond motifs is 1. The van der Waals surface area contributed by atoms with Crippen LogP contribution in [-0.2, 0) is 14.3 Å². The summed E-state index contributed by atoms with van der Waals surface area (Å²) in [7, 11) is 0. The summed E-state index contributed by atoms with van der Waals surface area (Å²) in [6.07, 6.45) is 3.49. The summed E-state index contributed by atoms with van der Waals surface area (Å²) >= 11 is 0. The van der Waals surface area contributed by atoms with E-state index in [-0.39, 0.29) is 11.2 Å². The minimum absolute atomic E-state index is 0.116. The van der Waals surface area contributed by atoms with Gasteiger partial charge in [-0.3, -0.25) is 4.79 Å². The average molecular weight is 252 g/mol. The SMILES string of the molecule is CC(C)[C@H]1CC(=O)[C@@]2(C)CCC3(C[C@H]12)OCCO3. The molecule has 18 heavy (non-hydrogen) atoms. The second-order valence-electron chi connectivity index (χ2n) is 6.87. The van der Waals surface area contributed by atoms with Crippen LogP contribution in [0.25, 0.3) is 0 Å². The molecular weight excluding hydrogens is 228 g/mol. The minimum Gasteiger partial charge on any atom is -0.348 e. The molecule has 0 bridgehead atoms. The molecule has 3 nitrogen and oxygen atoms in total. The van der Waals surface area contributed by atoms with Gasteiger partial charge in [0.2, 0.25) is 0 Å². The van der Waals surface area contributed by atoms with Crippen molar-refractivity contribution in [2.24, 2.45) is 23.2 Å². The number of ether oxygens (including phenoxy) is 2. The Hall–Kier alpha value is -0.410. The fraction of sp³-hybridized carbons (Fsp3) is 0.933. The van der Waals surface area contributed by atoms with Gasteiger partial charge >= 0.3 is 0 Å². The monoisotopic (exact) mass is 252 g/mol. The molecule has 3 heteroatoms. The molecule has 0 unspecified atom stereocenters. The quantitative estimate of drug-likeness (QED) is 0.720. The maximum Gasteiger partial charge on any atom is 0.168 e. The van der Waals surface area contributed by atoms with Crippen LogP contribution in [0.1, 0.15) is 46.5 Å². The van der Waals surface area contributed by atoms with Gasteiger partial charge in [0, 0.05) is 24.7 Å². The van der Waals surface area contributed by atoms with Gasteiger partial charge in [-0.15, -0.1) is 0 Å². The van der Waals surface area contributed by atoms with E-state index in [1.807, 2.05) is 0 Å². The lowest BCUT2D eigenvalue weighted by Gasteiger charge is -2.45. The normalized spacial score (nSPS) is 42.8. The van der Waals surface area contributed by atoms with E-state index in [1.54, 1.807) is 0 Å². The predicted molar refractivity (Wildman–Crippen MR) is 68.0 cm³/mol. The lowest BCUT2D eigenvalue weighted by Crippen LogP contribution is -2.46. The molecule has 3 atom stereocenters. The van der Waals surface area contributed by atoms with E-state index in [4.69, 9.17) is 9.47 Å². The number of Topliss-reactive ketones (excluding diaryl/α,β-unsaturated/α-hetero) is 1. The maximum atomic E-state index is 12.4. The molecule has 2 aliphatic carbocycles. The molecule has 0 N–H and O–H groups in total. The van der Waals surface area contributed by atoms with Gasteiger partial charge in [0.05, 0.1) is 13.2 Å². The van der Waals surface area contributed by atoms with E-state index < -0.39 is 0 Å². The van der Waals surface area contributed by atoms with Crippen LogP contribution in [0.5, 0.6) is 0 Å². The molecule has 3 rings (SSSR count). The summed E-state index contributed by atoms with van der Waals surface area (Å²) < 4.78 is 11.7. The Morgan fingerprint density at radius 2 is 1.89 bits per heavy atom. The van der Waals surface area contributed by atoms with Crippen molar-refractivity contribution in [2.45, 2.75) is 52.2 Å². The Morgan fingerprint density at radius 1 is 1.22 bits per heavy atom.